The lowest BCUT2D eigenvalue weighted by atomic mass is 10.4. The van der Waals surface area contributed by atoms with E-state index in [1.807, 2.05) is 0 Å². The standard InChI is InChI=1S/C14H11N5OS3/c15-19-12(11-2-1-4-20-11)17-18-14(19)23-8-10-7-22-13(16-10)9-3-5-21-6-9/h1-7H,8,15H2. The van der Waals surface area contributed by atoms with Crippen molar-refractivity contribution < 1.29 is 4.42 Å². The van der Waals surface area contributed by atoms with Gasteiger partial charge in [-0.1, -0.05) is 11.8 Å². The first-order valence-electron chi connectivity index (χ1n) is 6.65. The third-order valence-electron chi connectivity index (χ3n) is 3.08. The van der Waals surface area contributed by atoms with Crippen LogP contribution in [0.2, 0.25) is 0 Å². The van der Waals surface area contributed by atoms with E-state index in [4.69, 9.17) is 10.3 Å². The normalized spacial score (nSPS) is 11.1. The fourth-order valence-corrected chi connectivity index (χ4v) is 4.37. The van der Waals surface area contributed by atoms with E-state index in [-0.39, 0.29) is 0 Å². The summed E-state index contributed by atoms with van der Waals surface area (Å²) in [6.45, 7) is 0. The number of thioether (sulfide) groups is 1. The molecule has 0 spiro atoms. The molecule has 116 valence electrons. The van der Waals surface area contributed by atoms with Crippen LogP contribution >= 0.6 is 34.4 Å². The van der Waals surface area contributed by atoms with Crippen molar-refractivity contribution in [2.24, 2.45) is 0 Å². The van der Waals surface area contributed by atoms with Crippen LogP contribution in [0.5, 0.6) is 0 Å². The lowest BCUT2D eigenvalue weighted by molar-refractivity contribution is 0.574. The molecule has 9 heteroatoms. The summed E-state index contributed by atoms with van der Waals surface area (Å²) >= 11 is 4.81. The summed E-state index contributed by atoms with van der Waals surface area (Å²) in [6.07, 6.45) is 1.58. The van der Waals surface area contributed by atoms with Crippen molar-refractivity contribution in [1.82, 2.24) is 19.9 Å². The molecule has 23 heavy (non-hydrogen) atoms. The molecule has 0 aliphatic rings. The minimum Gasteiger partial charge on any atom is -0.461 e. The number of thiophene rings is 1. The van der Waals surface area contributed by atoms with Crippen molar-refractivity contribution in [3.63, 3.8) is 0 Å². The van der Waals surface area contributed by atoms with Gasteiger partial charge in [0.2, 0.25) is 11.0 Å². The van der Waals surface area contributed by atoms with Gasteiger partial charge in [0.05, 0.1) is 12.0 Å². The van der Waals surface area contributed by atoms with Crippen LogP contribution in [0.1, 0.15) is 5.69 Å². The fourth-order valence-electron chi connectivity index (χ4n) is 1.98. The molecule has 2 N–H and O–H groups in total. The third kappa shape index (κ3) is 2.90. The van der Waals surface area contributed by atoms with Gasteiger partial charge in [-0.15, -0.1) is 21.5 Å². The van der Waals surface area contributed by atoms with Crippen LogP contribution in [0.25, 0.3) is 22.2 Å². The Morgan fingerprint density at radius 1 is 1.26 bits per heavy atom. The molecule has 0 radical (unpaired) electrons. The van der Waals surface area contributed by atoms with Crippen molar-refractivity contribution in [2.75, 3.05) is 5.84 Å². The molecular formula is C14H11N5OS3. The number of nitrogens with zero attached hydrogens (tertiary/aromatic N) is 4. The maximum atomic E-state index is 6.04. The second-order valence-electron chi connectivity index (χ2n) is 4.60. The van der Waals surface area contributed by atoms with Crippen molar-refractivity contribution in [2.45, 2.75) is 10.9 Å². The predicted molar refractivity (Wildman–Crippen MR) is 92.9 cm³/mol. The van der Waals surface area contributed by atoms with Gasteiger partial charge in [-0.2, -0.15) is 11.3 Å². The van der Waals surface area contributed by atoms with E-state index in [2.05, 4.69) is 37.4 Å². The quantitative estimate of drug-likeness (QED) is 0.431. The highest BCUT2D eigenvalue weighted by atomic mass is 32.2. The van der Waals surface area contributed by atoms with Crippen LogP contribution in [-0.2, 0) is 5.75 Å². The van der Waals surface area contributed by atoms with Crippen LogP contribution in [0.4, 0.5) is 0 Å². The number of hydrogen-bond donors (Lipinski definition) is 1. The summed E-state index contributed by atoms with van der Waals surface area (Å²) in [6, 6.07) is 5.67. The first-order chi connectivity index (χ1) is 11.3. The topological polar surface area (TPSA) is 82.8 Å². The van der Waals surface area contributed by atoms with E-state index in [1.54, 1.807) is 41.1 Å². The number of hydrogen-bond acceptors (Lipinski definition) is 8. The van der Waals surface area contributed by atoms with E-state index in [1.165, 1.54) is 22.0 Å². The zero-order chi connectivity index (χ0) is 15.6. The van der Waals surface area contributed by atoms with Gasteiger partial charge in [0.25, 0.3) is 0 Å². The van der Waals surface area contributed by atoms with Crippen molar-refractivity contribution in [3.05, 3.63) is 46.3 Å². The van der Waals surface area contributed by atoms with E-state index in [0.717, 1.165) is 10.7 Å². The molecule has 0 atom stereocenters. The zero-order valence-corrected chi connectivity index (χ0v) is 14.2. The maximum absolute atomic E-state index is 6.04. The molecule has 0 aliphatic carbocycles. The second kappa shape index (κ2) is 6.19. The monoisotopic (exact) mass is 361 g/mol. The summed E-state index contributed by atoms with van der Waals surface area (Å²) in [5.74, 6) is 7.83. The molecule has 0 aromatic carbocycles. The maximum Gasteiger partial charge on any atom is 0.218 e. The Balaban J connectivity index is 1.48. The molecule has 4 heterocycles. The molecule has 0 saturated heterocycles. The van der Waals surface area contributed by atoms with Crippen molar-refractivity contribution >= 4 is 34.4 Å². The fraction of sp³-hybridized carbons (Fsp3) is 0.0714. The Labute approximate surface area is 144 Å². The number of aromatic nitrogens is 4. The summed E-state index contributed by atoms with van der Waals surface area (Å²) in [7, 11) is 0. The van der Waals surface area contributed by atoms with Gasteiger partial charge in [0.1, 0.15) is 5.01 Å². The molecule has 0 bridgehead atoms. The number of thiazole rings is 1. The van der Waals surface area contributed by atoms with Gasteiger partial charge in [0.15, 0.2) is 5.76 Å². The van der Waals surface area contributed by atoms with E-state index < -0.39 is 0 Å². The molecule has 0 saturated carbocycles. The minimum atomic E-state index is 0.509. The molecule has 6 nitrogen and oxygen atoms in total. The Kier molecular flexibility index (Phi) is 3.90. The molecule has 0 unspecified atom stereocenters. The lowest BCUT2D eigenvalue weighted by Crippen LogP contribution is -2.11. The Morgan fingerprint density at radius 3 is 3.00 bits per heavy atom. The molecule has 0 aliphatic heterocycles. The lowest BCUT2D eigenvalue weighted by Gasteiger charge is -2.00. The van der Waals surface area contributed by atoms with Crippen molar-refractivity contribution in [3.8, 4) is 22.2 Å². The van der Waals surface area contributed by atoms with Gasteiger partial charge in [0, 0.05) is 22.1 Å². The van der Waals surface area contributed by atoms with Crippen molar-refractivity contribution in [1.29, 1.82) is 0 Å². The number of nitrogen functional groups attached to an aromatic ring is 1. The van der Waals surface area contributed by atoms with Gasteiger partial charge in [-0.25, -0.2) is 9.66 Å². The second-order valence-corrected chi connectivity index (χ2v) is 7.18. The summed E-state index contributed by atoms with van der Waals surface area (Å²) < 4.78 is 6.74. The number of rotatable bonds is 5. The Hall–Kier alpha value is -2.10. The highest BCUT2D eigenvalue weighted by Gasteiger charge is 2.15. The Bertz CT molecular complexity index is 895. The van der Waals surface area contributed by atoms with Gasteiger partial charge < -0.3 is 10.3 Å². The van der Waals surface area contributed by atoms with Crippen LogP contribution in [0, 0.1) is 0 Å². The molecule has 0 amide bonds. The SMILES string of the molecule is Nn1c(SCc2csc(-c3ccsc3)n2)nnc1-c1ccco1. The minimum absolute atomic E-state index is 0.509. The first kappa shape index (κ1) is 14.5. The van der Waals surface area contributed by atoms with Gasteiger partial charge in [-0.05, 0) is 23.6 Å². The average Bonchev–Trinajstić information content (AvgIpc) is 3.33. The number of nitrogens with two attached hydrogens (primary N) is 1. The van der Waals surface area contributed by atoms with Crippen LogP contribution in [-0.4, -0.2) is 19.9 Å². The third-order valence-corrected chi connectivity index (χ3v) is 5.68. The van der Waals surface area contributed by atoms with Crippen LogP contribution < -0.4 is 5.84 Å². The highest BCUT2D eigenvalue weighted by Crippen LogP contribution is 2.29. The van der Waals surface area contributed by atoms with E-state index in [9.17, 15) is 0 Å². The molecule has 4 aromatic heterocycles. The predicted octanol–water partition coefficient (Wildman–Crippen LogP) is 3.73. The van der Waals surface area contributed by atoms with Crippen LogP contribution in [0.15, 0.2) is 50.2 Å². The summed E-state index contributed by atoms with van der Waals surface area (Å²) in [4.78, 5) is 4.64. The molecule has 0 fully saturated rings. The molecule has 4 rings (SSSR count). The van der Waals surface area contributed by atoms with E-state index >= 15 is 0 Å². The van der Waals surface area contributed by atoms with Gasteiger partial charge >= 0.3 is 0 Å². The smallest absolute Gasteiger partial charge is 0.218 e. The number of furan rings is 1. The largest absolute Gasteiger partial charge is 0.461 e. The highest BCUT2D eigenvalue weighted by molar-refractivity contribution is 7.98. The first-order valence-corrected chi connectivity index (χ1v) is 9.46. The van der Waals surface area contributed by atoms with Gasteiger partial charge in [-0.3, -0.25) is 0 Å². The molecule has 4 aromatic rings. The zero-order valence-electron chi connectivity index (χ0n) is 11.7. The van der Waals surface area contributed by atoms with Crippen LogP contribution in [0.3, 0.4) is 0 Å². The van der Waals surface area contributed by atoms with E-state index in [0.29, 0.717) is 22.5 Å². The summed E-state index contributed by atoms with van der Waals surface area (Å²) in [5.41, 5.74) is 2.17. The molecular weight excluding hydrogens is 350 g/mol. The Morgan fingerprint density at radius 2 is 2.22 bits per heavy atom. The average molecular weight is 361 g/mol. The summed E-state index contributed by atoms with van der Waals surface area (Å²) in [5, 5.41) is 16.1.